The number of carboxylic acids is 1. The normalized spacial score (nSPS) is 10.3. The van der Waals surface area contributed by atoms with Crippen LogP contribution in [0.4, 0.5) is 10.5 Å². The van der Waals surface area contributed by atoms with Crippen molar-refractivity contribution < 1.29 is 33.0 Å². The van der Waals surface area contributed by atoms with E-state index in [-0.39, 0.29) is 59.4 Å². The summed E-state index contributed by atoms with van der Waals surface area (Å²) in [7, 11) is -4.16. The van der Waals surface area contributed by atoms with Gasteiger partial charge < -0.3 is 20.8 Å². The monoisotopic (exact) mass is 433 g/mol. The summed E-state index contributed by atoms with van der Waals surface area (Å²) in [6.45, 7) is -0.732. The predicted molar refractivity (Wildman–Crippen MR) is 99.5 cm³/mol. The number of sulfonamides is 1. The molecule has 5 N–H and O–H groups in total. The molecule has 0 spiro atoms. The van der Waals surface area contributed by atoms with Gasteiger partial charge in [0.25, 0.3) is 15.9 Å². The number of benzene rings is 2. The maximum atomic E-state index is 12.3. The van der Waals surface area contributed by atoms with Gasteiger partial charge in [-0.3, -0.25) is 4.79 Å². The van der Waals surface area contributed by atoms with Crippen LogP contribution in [0.25, 0.3) is 0 Å². The number of hydrogen-bond donors (Lipinski definition) is 5. The summed E-state index contributed by atoms with van der Waals surface area (Å²) >= 11 is 0. The Balaban J connectivity index is 0.00000392. The molecule has 2 aromatic carbocycles. The molecule has 0 aliphatic heterocycles. The second kappa shape index (κ2) is 10.4. The van der Waals surface area contributed by atoms with E-state index in [0.717, 1.165) is 12.1 Å². The minimum atomic E-state index is -4.16. The van der Waals surface area contributed by atoms with Crippen molar-refractivity contribution in [2.75, 3.05) is 12.0 Å². The van der Waals surface area contributed by atoms with Gasteiger partial charge in [0.15, 0.2) is 0 Å². The molecule has 142 valence electrons. The summed E-state index contributed by atoms with van der Waals surface area (Å²) in [5.74, 6) is -1.93. The van der Waals surface area contributed by atoms with Crippen LogP contribution in [0.15, 0.2) is 53.4 Å². The third-order valence-electron chi connectivity index (χ3n) is 3.29. The molecule has 12 heteroatoms. The third kappa shape index (κ3) is 6.17. The molecule has 0 fully saturated rings. The molecule has 0 saturated heterocycles. The smallest absolute Gasteiger partial charge is 0.478 e. The Morgan fingerprint density at radius 3 is 2.04 bits per heavy atom. The summed E-state index contributed by atoms with van der Waals surface area (Å²) in [6.07, 6.45) is 0. The van der Waals surface area contributed by atoms with Crippen molar-refractivity contribution in [1.29, 1.82) is 0 Å². The van der Waals surface area contributed by atoms with E-state index in [9.17, 15) is 22.8 Å². The maximum Gasteiger partial charge on any atom is 2.00 e. The van der Waals surface area contributed by atoms with E-state index in [0.29, 0.717) is 0 Å². The van der Waals surface area contributed by atoms with E-state index >= 15 is 0 Å². The SMILES string of the molecule is O=C(NCO)NS(=O)(=O)c1ccc(NC(=O)c2ccccc2C(=O)O)cc1.[Ca+2]. The molecule has 3 amide bonds. The quantitative estimate of drug-likeness (QED) is 0.321. The van der Waals surface area contributed by atoms with Crippen LogP contribution in [0.5, 0.6) is 0 Å². The number of aliphatic hydroxyl groups is 1. The Morgan fingerprint density at radius 1 is 0.929 bits per heavy atom. The number of aromatic carboxylic acids is 1. The Labute approximate surface area is 190 Å². The number of hydrogen-bond acceptors (Lipinski definition) is 6. The maximum absolute atomic E-state index is 12.3. The van der Waals surface area contributed by atoms with Crippen LogP contribution in [0.2, 0.25) is 0 Å². The molecule has 10 nitrogen and oxygen atoms in total. The molecular formula is C16H15CaN3O7S+2. The minimum absolute atomic E-state index is 0. The van der Waals surface area contributed by atoms with Crippen LogP contribution in [-0.4, -0.2) is 81.0 Å². The summed E-state index contributed by atoms with van der Waals surface area (Å²) in [4.78, 5) is 34.4. The number of carbonyl (C=O) groups excluding carboxylic acids is 2. The van der Waals surface area contributed by atoms with Crippen LogP contribution in [0.3, 0.4) is 0 Å². The molecule has 0 atom stereocenters. The summed E-state index contributed by atoms with van der Waals surface area (Å²) in [5.41, 5.74) is -0.00344. The van der Waals surface area contributed by atoms with Gasteiger partial charge in [0.1, 0.15) is 6.73 Å². The van der Waals surface area contributed by atoms with E-state index < -0.39 is 34.7 Å². The van der Waals surface area contributed by atoms with Crippen LogP contribution in [0.1, 0.15) is 20.7 Å². The number of amides is 3. The number of urea groups is 1. The molecule has 0 unspecified atom stereocenters. The summed E-state index contributed by atoms with van der Waals surface area (Å²) in [5, 5.41) is 22.0. The summed E-state index contributed by atoms with van der Waals surface area (Å²) < 4.78 is 25.7. The Hall–Kier alpha value is -2.18. The van der Waals surface area contributed by atoms with E-state index in [2.05, 4.69) is 5.32 Å². The van der Waals surface area contributed by atoms with Crippen LogP contribution in [-0.2, 0) is 10.0 Å². The average Bonchev–Trinajstić information content (AvgIpc) is 2.61. The molecule has 0 radical (unpaired) electrons. The molecule has 0 heterocycles. The number of carboxylic acid groups (broad SMARTS) is 1. The van der Waals surface area contributed by atoms with Crippen molar-refractivity contribution in [3.8, 4) is 0 Å². The first-order valence-electron chi connectivity index (χ1n) is 7.40. The number of carbonyl (C=O) groups is 3. The first-order valence-corrected chi connectivity index (χ1v) is 8.88. The van der Waals surface area contributed by atoms with Gasteiger partial charge in [-0.25, -0.2) is 22.7 Å². The fourth-order valence-corrected chi connectivity index (χ4v) is 3.00. The van der Waals surface area contributed by atoms with Gasteiger partial charge in [0, 0.05) is 5.69 Å². The third-order valence-corrected chi connectivity index (χ3v) is 4.64. The van der Waals surface area contributed by atoms with Crippen molar-refractivity contribution in [3.05, 3.63) is 59.7 Å². The first-order chi connectivity index (χ1) is 12.7. The number of aliphatic hydroxyl groups excluding tert-OH is 1. The van der Waals surface area contributed by atoms with Gasteiger partial charge in [-0.2, -0.15) is 0 Å². The largest absolute Gasteiger partial charge is 2.00 e. The van der Waals surface area contributed by atoms with E-state index in [1.54, 1.807) is 4.72 Å². The second-order valence-corrected chi connectivity index (χ2v) is 6.78. The van der Waals surface area contributed by atoms with Gasteiger partial charge in [-0.05, 0) is 36.4 Å². The molecular weight excluding hydrogens is 418 g/mol. The molecule has 0 aliphatic rings. The zero-order valence-corrected chi connectivity index (χ0v) is 17.4. The van der Waals surface area contributed by atoms with Gasteiger partial charge in [0.2, 0.25) is 0 Å². The van der Waals surface area contributed by atoms with Gasteiger partial charge in [-0.1, -0.05) is 12.1 Å². The predicted octanol–water partition coefficient (Wildman–Crippen LogP) is 0.194. The Morgan fingerprint density at radius 2 is 1.50 bits per heavy atom. The molecule has 2 aromatic rings. The number of nitrogens with one attached hydrogen (secondary N) is 3. The molecule has 2 rings (SSSR count). The van der Waals surface area contributed by atoms with Crippen LogP contribution >= 0.6 is 0 Å². The van der Waals surface area contributed by atoms with E-state index in [4.69, 9.17) is 10.2 Å². The van der Waals surface area contributed by atoms with Crippen molar-refractivity contribution in [3.63, 3.8) is 0 Å². The van der Waals surface area contributed by atoms with Crippen molar-refractivity contribution >= 4 is 71.4 Å². The number of anilines is 1. The van der Waals surface area contributed by atoms with Gasteiger partial charge >= 0.3 is 49.7 Å². The van der Waals surface area contributed by atoms with E-state index in [1.807, 2.05) is 5.32 Å². The summed E-state index contributed by atoms with van der Waals surface area (Å²) in [6, 6.07) is 9.39. The zero-order chi connectivity index (χ0) is 20.0. The standard InChI is InChI=1S/C16H15N3O7S.Ca/c20-9-17-16(24)19-27(25,26)11-7-5-10(6-8-11)18-14(21)12-3-1-2-4-13(12)15(22)23;/h1-8,20H,9H2,(H,18,21)(H,22,23)(H2,17,19,24);/q;+2. The van der Waals surface area contributed by atoms with E-state index in [1.165, 1.54) is 36.4 Å². The van der Waals surface area contributed by atoms with Crippen molar-refractivity contribution in [1.82, 2.24) is 10.0 Å². The second-order valence-electron chi connectivity index (χ2n) is 5.10. The average molecular weight is 433 g/mol. The molecule has 28 heavy (non-hydrogen) atoms. The zero-order valence-electron chi connectivity index (χ0n) is 14.4. The molecule has 0 bridgehead atoms. The van der Waals surface area contributed by atoms with Crippen LogP contribution < -0.4 is 15.4 Å². The van der Waals surface area contributed by atoms with Crippen LogP contribution in [0, 0.1) is 0 Å². The molecule has 0 aliphatic carbocycles. The van der Waals surface area contributed by atoms with Crippen molar-refractivity contribution in [2.24, 2.45) is 0 Å². The Kier molecular flexibility index (Phi) is 8.85. The number of rotatable bonds is 6. The molecule has 0 aromatic heterocycles. The van der Waals surface area contributed by atoms with Gasteiger partial charge in [-0.15, -0.1) is 0 Å². The Bertz CT molecular complexity index is 978. The topological polar surface area (TPSA) is 162 Å². The molecule has 0 saturated carbocycles. The fourth-order valence-electron chi connectivity index (χ4n) is 2.07. The van der Waals surface area contributed by atoms with Gasteiger partial charge in [0.05, 0.1) is 16.0 Å². The fraction of sp³-hybridized carbons (Fsp3) is 0.0625. The minimum Gasteiger partial charge on any atom is -0.478 e. The first kappa shape index (κ1) is 23.9. The van der Waals surface area contributed by atoms with Crippen molar-refractivity contribution in [2.45, 2.75) is 4.90 Å².